The van der Waals surface area contributed by atoms with E-state index in [0.717, 1.165) is 26.0 Å². The third kappa shape index (κ3) is 6.74. The third-order valence-electron chi connectivity index (χ3n) is 4.43. The van der Waals surface area contributed by atoms with Crippen molar-refractivity contribution >= 4 is 40.8 Å². The molecule has 0 spiro atoms. The zero-order valence-corrected chi connectivity index (χ0v) is 21.9. The number of hydrogen-bond acceptors (Lipinski definition) is 9. The molecule has 7 nitrogen and oxygen atoms in total. The van der Waals surface area contributed by atoms with Crippen LogP contribution in [0.3, 0.4) is 0 Å². The molecule has 0 saturated carbocycles. The molecule has 3 N–H and O–H groups in total. The predicted molar refractivity (Wildman–Crippen MR) is 119 cm³/mol. The largest absolute Gasteiger partial charge is 0.508 e. The van der Waals surface area contributed by atoms with Crippen LogP contribution in [0.25, 0.3) is 0 Å². The van der Waals surface area contributed by atoms with Gasteiger partial charge in [0.05, 0.1) is 12.3 Å². The Morgan fingerprint density at radius 2 is 2.16 bits per heavy atom. The third-order valence-corrected chi connectivity index (χ3v) is 6.22. The van der Waals surface area contributed by atoms with Crippen molar-refractivity contribution in [3.05, 3.63) is 62.6 Å². The van der Waals surface area contributed by atoms with Crippen LogP contribution < -0.4 is 5.32 Å². The molecule has 1 atom stereocenters. The summed E-state index contributed by atoms with van der Waals surface area (Å²) in [6, 6.07) is 3.38. The Bertz CT molecular complexity index is 910. The van der Waals surface area contributed by atoms with Crippen molar-refractivity contribution in [1.82, 2.24) is 15.2 Å². The summed E-state index contributed by atoms with van der Waals surface area (Å²) in [5.41, 5.74) is 1.18. The maximum atomic E-state index is 13.5. The normalized spacial score (nSPS) is 19.4. The summed E-state index contributed by atoms with van der Waals surface area (Å²) in [6.07, 6.45) is 1.70. The minimum atomic E-state index is -0.721. The van der Waals surface area contributed by atoms with Crippen molar-refractivity contribution in [2.75, 3.05) is 39.1 Å². The van der Waals surface area contributed by atoms with Gasteiger partial charge in [-0.15, -0.1) is 11.3 Å². The molecule has 168 valence electrons. The second kappa shape index (κ2) is 12.9. The molecule has 1 saturated heterocycles. The number of rotatable bonds is 4. The second-order valence-electron chi connectivity index (χ2n) is 6.29. The molecule has 12 heteroatoms. The smallest absolute Gasteiger partial charge is 0.163 e. The van der Waals surface area contributed by atoms with E-state index in [1.807, 2.05) is 5.38 Å². The Morgan fingerprint density at radius 1 is 1.35 bits per heavy atom. The summed E-state index contributed by atoms with van der Waals surface area (Å²) >= 11 is 9.16. The van der Waals surface area contributed by atoms with Crippen LogP contribution in [0.1, 0.15) is 16.6 Å². The standard InChI is InChI=1S/C18H18ClFN4O2S2.CH4O.W/c19-13-9-11(20)1-2-12(13)15-16(25)14(10-24-4-6-26-28-8-5-24)22-17(23-15)18-21-3-7-27-18;1-2;/h1-3,7,9,15,25H,4-6,8,10H2,(H,22,23);2H,1H3;. The van der Waals surface area contributed by atoms with E-state index in [0.29, 0.717) is 35.3 Å². The second-order valence-corrected chi connectivity index (χ2v) is 8.47. The molecular formula is C19H22ClFN4O3S2W. The van der Waals surface area contributed by atoms with E-state index in [2.05, 4.69) is 20.2 Å². The summed E-state index contributed by atoms with van der Waals surface area (Å²) < 4.78 is 18.9. The van der Waals surface area contributed by atoms with Crippen molar-refractivity contribution < 1.29 is 39.9 Å². The Balaban J connectivity index is 0.00000111. The van der Waals surface area contributed by atoms with E-state index >= 15 is 0 Å². The molecule has 3 heterocycles. The van der Waals surface area contributed by atoms with Crippen LogP contribution in [0.4, 0.5) is 4.39 Å². The molecule has 2 aliphatic heterocycles. The first-order chi connectivity index (χ1) is 14.6. The molecule has 1 aromatic heterocycles. The molecule has 31 heavy (non-hydrogen) atoms. The van der Waals surface area contributed by atoms with E-state index in [1.165, 1.54) is 35.5 Å². The minimum Gasteiger partial charge on any atom is -0.508 e. The van der Waals surface area contributed by atoms with Gasteiger partial charge in [0.2, 0.25) is 0 Å². The monoisotopic (exact) mass is 656 g/mol. The first kappa shape index (κ1) is 26.3. The zero-order chi connectivity index (χ0) is 21.5. The van der Waals surface area contributed by atoms with Crippen LogP contribution in [-0.4, -0.2) is 65.0 Å². The number of aromatic nitrogens is 1. The van der Waals surface area contributed by atoms with E-state index < -0.39 is 11.9 Å². The molecule has 2 aromatic rings. The summed E-state index contributed by atoms with van der Waals surface area (Å²) in [6.45, 7) is 2.74. The van der Waals surface area contributed by atoms with E-state index in [4.69, 9.17) is 20.9 Å². The summed E-state index contributed by atoms with van der Waals surface area (Å²) in [7, 11) is 1.00. The van der Waals surface area contributed by atoms with E-state index in [9.17, 15) is 9.50 Å². The van der Waals surface area contributed by atoms with Gasteiger partial charge in [0.1, 0.15) is 17.6 Å². The van der Waals surface area contributed by atoms with Gasteiger partial charge >= 0.3 is 0 Å². The molecule has 0 aliphatic carbocycles. The van der Waals surface area contributed by atoms with Gasteiger partial charge in [0.15, 0.2) is 10.8 Å². The van der Waals surface area contributed by atoms with Gasteiger partial charge in [0.25, 0.3) is 0 Å². The van der Waals surface area contributed by atoms with Gasteiger partial charge in [-0.1, -0.05) is 17.7 Å². The Hall–Kier alpha value is -1.00. The van der Waals surface area contributed by atoms with E-state index in [-0.39, 0.29) is 31.8 Å². The van der Waals surface area contributed by atoms with Crippen molar-refractivity contribution in [3.63, 3.8) is 0 Å². The molecular weight excluding hydrogens is 635 g/mol. The SMILES string of the molecule is CO.OC1=C(CN2CCOSCC2)NC(c2nccs2)=NC1c1ccc(F)cc1Cl.[W]. The number of aliphatic hydroxyl groups excluding tert-OH is 2. The van der Waals surface area contributed by atoms with Crippen molar-refractivity contribution in [1.29, 1.82) is 0 Å². The van der Waals surface area contributed by atoms with Crippen LogP contribution in [0, 0.1) is 5.82 Å². The molecule has 1 aromatic carbocycles. The van der Waals surface area contributed by atoms with Gasteiger partial charge < -0.3 is 19.7 Å². The van der Waals surface area contributed by atoms with Gasteiger partial charge in [0, 0.05) is 75.7 Å². The fraction of sp³-hybridized carbons (Fsp3) is 0.368. The number of hydrogen-bond donors (Lipinski definition) is 3. The van der Waals surface area contributed by atoms with Crippen LogP contribution in [0.15, 0.2) is 46.2 Å². The Labute approximate surface area is 207 Å². The number of amidine groups is 1. The number of thiazole rings is 1. The fourth-order valence-corrected chi connectivity index (χ4v) is 4.55. The molecule has 0 bridgehead atoms. The summed E-state index contributed by atoms with van der Waals surface area (Å²) in [5, 5.41) is 24.0. The quantitative estimate of drug-likeness (QED) is 0.435. The van der Waals surface area contributed by atoms with Gasteiger partial charge in [-0.05, 0) is 24.2 Å². The summed E-state index contributed by atoms with van der Waals surface area (Å²) in [5.74, 6) is 1.06. The van der Waals surface area contributed by atoms with Crippen molar-refractivity contribution in [3.8, 4) is 0 Å². The maximum absolute atomic E-state index is 13.5. The Morgan fingerprint density at radius 3 is 2.87 bits per heavy atom. The van der Waals surface area contributed by atoms with Gasteiger partial charge in [-0.2, -0.15) is 0 Å². The average Bonchev–Trinajstić information content (AvgIpc) is 3.17. The number of nitrogens with one attached hydrogen (secondary N) is 1. The topological polar surface area (TPSA) is 90.2 Å². The number of benzene rings is 1. The van der Waals surface area contributed by atoms with Crippen molar-refractivity contribution in [2.45, 2.75) is 6.04 Å². The minimum absolute atomic E-state index is 0. The Kier molecular flexibility index (Phi) is 10.9. The molecule has 0 amide bonds. The van der Waals surface area contributed by atoms with Gasteiger partial charge in [-0.25, -0.2) is 14.4 Å². The van der Waals surface area contributed by atoms with Crippen LogP contribution in [-0.2, 0) is 25.2 Å². The van der Waals surface area contributed by atoms with Crippen LogP contribution in [0.5, 0.6) is 0 Å². The zero-order valence-electron chi connectivity index (χ0n) is 16.6. The number of aliphatic imine (C=N–C) groups is 1. The van der Waals surface area contributed by atoms with E-state index in [1.54, 1.807) is 12.3 Å². The predicted octanol–water partition coefficient (Wildman–Crippen LogP) is 3.38. The molecule has 4 rings (SSSR count). The first-order valence-electron chi connectivity index (χ1n) is 9.15. The van der Waals surface area contributed by atoms with Crippen LogP contribution in [0.2, 0.25) is 5.02 Å². The number of aliphatic hydroxyl groups is 2. The average molecular weight is 657 g/mol. The number of nitrogens with zero attached hydrogens (tertiary/aromatic N) is 3. The molecule has 2 aliphatic rings. The first-order valence-corrected chi connectivity index (χ1v) is 11.3. The van der Waals surface area contributed by atoms with Gasteiger partial charge in [-0.3, -0.25) is 4.90 Å². The molecule has 1 unspecified atom stereocenters. The van der Waals surface area contributed by atoms with Crippen LogP contribution >= 0.6 is 35.0 Å². The summed E-state index contributed by atoms with van der Waals surface area (Å²) in [4.78, 5) is 11.1. The molecule has 0 radical (unpaired) electrons. The molecule has 1 fully saturated rings. The van der Waals surface area contributed by atoms with Crippen molar-refractivity contribution in [2.24, 2.45) is 4.99 Å². The maximum Gasteiger partial charge on any atom is 0.163 e. The number of halogens is 2. The fourth-order valence-electron chi connectivity index (χ4n) is 3.05.